The lowest BCUT2D eigenvalue weighted by atomic mass is 10.0. The first kappa shape index (κ1) is 10.4. The summed E-state index contributed by atoms with van der Waals surface area (Å²) in [7, 11) is 0. The van der Waals surface area contributed by atoms with Crippen LogP contribution in [0.15, 0.2) is 24.3 Å². The van der Waals surface area contributed by atoms with E-state index in [1.54, 1.807) is 24.3 Å². The van der Waals surface area contributed by atoms with Gasteiger partial charge in [-0.15, -0.1) is 0 Å². The number of rotatable bonds is 2. The third kappa shape index (κ3) is 2.47. The van der Waals surface area contributed by atoms with Crippen molar-refractivity contribution < 1.29 is 14.9 Å². The summed E-state index contributed by atoms with van der Waals surface area (Å²) < 4.78 is 5.28. The Morgan fingerprint density at radius 1 is 1.33 bits per heavy atom. The maximum Gasteiger partial charge on any atom is 0.115 e. The van der Waals surface area contributed by atoms with Gasteiger partial charge in [-0.1, -0.05) is 12.1 Å². The minimum Gasteiger partial charge on any atom is -0.508 e. The van der Waals surface area contributed by atoms with Crippen molar-refractivity contribution in [3.8, 4) is 5.75 Å². The largest absolute Gasteiger partial charge is 0.508 e. The van der Waals surface area contributed by atoms with Crippen LogP contribution in [0.3, 0.4) is 0 Å². The fourth-order valence-corrected chi connectivity index (χ4v) is 1.69. The van der Waals surface area contributed by atoms with Crippen LogP contribution < -0.4 is 5.32 Å². The predicted molar refractivity (Wildman–Crippen MR) is 55.7 cm³/mol. The highest BCUT2D eigenvalue weighted by molar-refractivity contribution is 5.28. The second-order valence-electron chi connectivity index (χ2n) is 3.67. The molecule has 1 saturated heterocycles. The van der Waals surface area contributed by atoms with E-state index in [1.807, 2.05) is 0 Å². The molecule has 1 aliphatic rings. The summed E-state index contributed by atoms with van der Waals surface area (Å²) in [4.78, 5) is 0. The molecular formula is C11H15NO3. The van der Waals surface area contributed by atoms with E-state index in [4.69, 9.17) is 9.84 Å². The normalized spacial score (nSPS) is 23.7. The molecule has 0 aromatic heterocycles. The van der Waals surface area contributed by atoms with Crippen LogP contribution in [0.4, 0.5) is 0 Å². The van der Waals surface area contributed by atoms with Gasteiger partial charge in [0.25, 0.3) is 0 Å². The Labute approximate surface area is 88.5 Å². The summed E-state index contributed by atoms with van der Waals surface area (Å²) in [6, 6.07) is 6.51. The zero-order valence-electron chi connectivity index (χ0n) is 8.39. The minimum absolute atomic E-state index is 0.0664. The number of phenols is 1. The van der Waals surface area contributed by atoms with Crippen molar-refractivity contribution in [1.29, 1.82) is 0 Å². The average Bonchev–Trinajstić information content (AvgIpc) is 2.30. The van der Waals surface area contributed by atoms with Gasteiger partial charge in [-0.3, -0.25) is 0 Å². The average molecular weight is 209 g/mol. The van der Waals surface area contributed by atoms with Gasteiger partial charge in [-0.25, -0.2) is 0 Å². The first-order chi connectivity index (χ1) is 7.27. The van der Waals surface area contributed by atoms with E-state index in [9.17, 15) is 5.11 Å². The van der Waals surface area contributed by atoms with Gasteiger partial charge >= 0.3 is 0 Å². The third-order valence-electron chi connectivity index (χ3n) is 2.57. The number of aliphatic hydroxyl groups is 1. The number of benzene rings is 1. The van der Waals surface area contributed by atoms with Crippen molar-refractivity contribution in [3.63, 3.8) is 0 Å². The van der Waals surface area contributed by atoms with Crippen LogP contribution in [0.5, 0.6) is 5.75 Å². The first-order valence-corrected chi connectivity index (χ1v) is 5.05. The molecule has 2 rings (SSSR count). The highest BCUT2D eigenvalue weighted by Crippen LogP contribution is 2.20. The first-order valence-electron chi connectivity index (χ1n) is 5.05. The Kier molecular flexibility index (Phi) is 3.20. The SMILES string of the molecule is Oc1ccc(C(O)C2COCCN2)cc1. The third-order valence-corrected chi connectivity index (χ3v) is 2.57. The van der Waals surface area contributed by atoms with Crippen molar-refractivity contribution in [2.45, 2.75) is 12.1 Å². The lowest BCUT2D eigenvalue weighted by Gasteiger charge is -2.28. The van der Waals surface area contributed by atoms with Crippen molar-refractivity contribution in [2.24, 2.45) is 0 Å². The topological polar surface area (TPSA) is 61.7 Å². The van der Waals surface area contributed by atoms with Crippen LogP contribution in [0.2, 0.25) is 0 Å². The van der Waals surface area contributed by atoms with Crippen LogP contribution in [0, 0.1) is 0 Å². The summed E-state index contributed by atoms with van der Waals surface area (Å²) in [5.41, 5.74) is 0.788. The molecule has 0 bridgehead atoms. The smallest absolute Gasteiger partial charge is 0.115 e. The fourth-order valence-electron chi connectivity index (χ4n) is 1.69. The standard InChI is InChI=1S/C11H15NO3/c13-9-3-1-8(2-4-9)11(14)10-7-15-6-5-12-10/h1-4,10-14H,5-7H2. The summed E-state index contributed by atoms with van der Waals surface area (Å²) in [5, 5.41) is 22.3. The Morgan fingerprint density at radius 2 is 2.07 bits per heavy atom. The second kappa shape index (κ2) is 4.61. The van der Waals surface area contributed by atoms with Gasteiger partial charge in [0.2, 0.25) is 0 Å². The van der Waals surface area contributed by atoms with Crippen LogP contribution in [-0.4, -0.2) is 36.0 Å². The monoisotopic (exact) mass is 209 g/mol. The van der Waals surface area contributed by atoms with Gasteiger partial charge in [-0.05, 0) is 17.7 Å². The van der Waals surface area contributed by atoms with E-state index in [2.05, 4.69) is 5.32 Å². The van der Waals surface area contributed by atoms with E-state index in [1.165, 1.54) is 0 Å². The molecule has 1 fully saturated rings. The van der Waals surface area contributed by atoms with Gasteiger partial charge in [0.1, 0.15) is 5.75 Å². The summed E-state index contributed by atoms with van der Waals surface area (Å²) >= 11 is 0. The van der Waals surface area contributed by atoms with Crippen LogP contribution in [0.25, 0.3) is 0 Å². The number of nitrogens with one attached hydrogen (secondary N) is 1. The van der Waals surface area contributed by atoms with Crippen LogP contribution in [-0.2, 0) is 4.74 Å². The molecule has 82 valence electrons. The van der Waals surface area contributed by atoms with Crippen molar-refractivity contribution >= 4 is 0 Å². The van der Waals surface area contributed by atoms with E-state index in [0.717, 1.165) is 12.1 Å². The molecule has 2 atom stereocenters. The molecule has 1 aromatic rings. The number of aliphatic hydroxyl groups excluding tert-OH is 1. The number of ether oxygens (including phenoxy) is 1. The van der Waals surface area contributed by atoms with Crippen LogP contribution >= 0.6 is 0 Å². The Hall–Kier alpha value is -1.10. The molecule has 3 N–H and O–H groups in total. The van der Waals surface area contributed by atoms with Crippen molar-refractivity contribution in [3.05, 3.63) is 29.8 Å². The molecule has 2 unspecified atom stereocenters. The Balaban J connectivity index is 2.05. The number of phenolic OH excluding ortho intramolecular Hbond substituents is 1. The number of hydrogen-bond acceptors (Lipinski definition) is 4. The van der Waals surface area contributed by atoms with Gasteiger partial charge in [0.15, 0.2) is 0 Å². The molecule has 15 heavy (non-hydrogen) atoms. The van der Waals surface area contributed by atoms with Crippen molar-refractivity contribution in [2.75, 3.05) is 19.8 Å². The highest BCUT2D eigenvalue weighted by Gasteiger charge is 2.22. The zero-order chi connectivity index (χ0) is 10.7. The van der Waals surface area contributed by atoms with Gasteiger partial charge in [0.05, 0.1) is 25.4 Å². The van der Waals surface area contributed by atoms with E-state index < -0.39 is 6.10 Å². The lowest BCUT2D eigenvalue weighted by Crippen LogP contribution is -2.45. The fraction of sp³-hybridized carbons (Fsp3) is 0.455. The Bertz CT molecular complexity index is 306. The quantitative estimate of drug-likeness (QED) is 0.660. The molecule has 0 spiro atoms. The molecule has 1 aliphatic heterocycles. The van der Waals surface area contributed by atoms with E-state index >= 15 is 0 Å². The number of morpholine rings is 1. The summed E-state index contributed by atoms with van der Waals surface area (Å²) in [6.45, 7) is 1.97. The number of hydrogen-bond donors (Lipinski definition) is 3. The summed E-state index contributed by atoms with van der Waals surface area (Å²) in [6.07, 6.45) is -0.592. The number of aromatic hydroxyl groups is 1. The maximum atomic E-state index is 10.0. The molecule has 4 nitrogen and oxygen atoms in total. The lowest BCUT2D eigenvalue weighted by molar-refractivity contribution is 0.0177. The zero-order valence-corrected chi connectivity index (χ0v) is 8.39. The molecule has 0 saturated carbocycles. The minimum atomic E-state index is -0.592. The Morgan fingerprint density at radius 3 is 2.67 bits per heavy atom. The van der Waals surface area contributed by atoms with Crippen LogP contribution in [0.1, 0.15) is 11.7 Å². The molecule has 1 heterocycles. The predicted octanol–water partition coefficient (Wildman–Crippen LogP) is 0.414. The molecule has 1 aromatic carbocycles. The van der Waals surface area contributed by atoms with Crippen molar-refractivity contribution in [1.82, 2.24) is 5.32 Å². The molecule has 0 radical (unpaired) electrons. The highest BCUT2D eigenvalue weighted by atomic mass is 16.5. The molecular weight excluding hydrogens is 194 g/mol. The van der Waals surface area contributed by atoms with Gasteiger partial charge in [-0.2, -0.15) is 0 Å². The van der Waals surface area contributed by atoms with E-state index in [-0.39, 0.29) is 11.8 Å². The maximum absolute atomic E-state index is 10.0. The molecule has 4 heteroatoms. The second-order valence-corrected chi connectivity index (χ2v) is 3.67. The molecule has 0 aliphatic carbocycles. The van der Waals surface area contributed by atoms with E-state index in [0.29, 0.717) is 13.2 Å². The molecule has 0 amide bonds. The van der Waals surface area contributed by atoms with Gasteiger partial charge in [0, 0.05) is 6.54 Å². The van der Waals surface area contributed by atoms with Gasteiger partial charge < -0.3 is 20.3 Å². The summed E-state index contributed by atoms with van der Waals surface area (Å²) in [5.74, 6) is 0.207.